The lowest BCUT2D eigenvalue weighted by Crippen LogP contribution is -2.25. The van der Waals surface area contributed by atoms with Gasteiger partial charge in [-0.25, -0.2) is 9.97 Å². The van der Waals surface area contributed by atoms with Crippen molar-refractivity contribution in [1.29, 1.82) is 0 Å². The Balaban J connectivity index is 1.56. The van der Waals surface area contributed by atoms with Crippen LogP contribution in [-0.4, -0.2) is 25.8 Å². The highest BCUT2D eigenvalue weighted by atomic mass is 79.9. The third kappa shape index (κ3) is 5.62. The molecule has 2 heterocycles. The van der Waals surface area contributed by atoms with Crippen LogP contribution in [0.2, 0.25) is 0 Å². The van der Waals surface area contributed by atoms with Crippen LogP contribution in [0.5, 0.6) is 11.6 Å². The molecule has 0 unspecified atom stereocenters. The van der Waals surface area contributed by atoms with Crippen LogP contribution < -0.4 is 10.3 Å². The van der Waals surface area contributed by atoms with Crippen molar-refractivity contribution in [2.24, 2.45) is 5.10 Å². The van der Waals surface area contributed by atoms with Crippen LogP contribution in [0.15, 0.2) is 73.6 Å². The number of hydrogen-bond acceptors (Lipinski definition) is 7. The lowest BCUT2D eigenvalue weighted by molar-refractivity contribution is -0.385. The average molecular weight is 627 g/mol. The summed E-state index contributed by atoms with van der Waals surface area (Å²) in [5, 5.41) is 16.0. The van der Waals surface area contributed by atoms with E-state index in [0.29, 0.717) is 28.0 Å². The van der Waals surface area contributed by atoms with Gasteiger partial charge in [0, 0.05) is 32.6 Å². The first kappa shape index (κ1) is 25.2. The van der Waals surface area contributed by atoms with Gasteiger partial charge in [0.1, 0.15) is 17.8 Å². The number of aromatic nitrogens is 3. The highest BCUT2D eigenvalue weighted by molar-refractivity contribution is 9.10. The first-order valence-electron chi connectivity index (χ1n) is 11.7. The van der Waals surface area contributed by atoms with E-state index in [1.165, 1.54) is 23.2 Å². The summed E-state index contributed by atoms with van der Waals surface area (Å²) in [5.41, 5.74) is 0.869. The van der Waals surface area contributed by atoms with Crippen molar-refractivity contribution in [2.45, 2.75) is 38.0 Å². The quantitative estimate of drug-likeness (QED) is 0.130. The van der Waals surface area contributed by atoms with Crippen LogP contribution in [0.1, 0.15) is 49.4 Å². The second-order valence-corrected chi connectivity index (χ2v) is 10.6. The zero-order chi connectivity index (χ0) is 25.9. The maximum Gasteiger partial charge on any atom is 0.287 e. The first-order valence-corrected chi connectivity index (χ1v) is 13.3. The number of ether oxygens (including phenoxy) is 1. The monoisotopic (exact) mass is 625 g/mol. The Morgan fingerprint density at radius 3 is 2.54 bits per heavy atom. The van der Waals surface area contributed by atoms with E-state index >= 15 is 0 Å². The minimum absolute atomic E-state index is 0.130. The largest absolute Gasteiger partial charge is 0.438 e. The standard InChI is InChI=1S/C26H21Br2N5O4/c27-18-7-10-23(37-24-11-8-20(15-29-24)33(35)36)17(12-18)14-30-32-25(16-4-2-1-3-5-16)31-22-9-6-19(28)13-21(22)26(32)34/h6-16H,1-5H2. The van der Waals surface area contributed by atoms with E-state index in [1.807, 2.05) is 12.1 Å². The number of fused-ring (bicyclic) bond motifs is 1. The van der Waals surface area contributed by atoms with Gasteiger partial charge in [-0.3, -0.25) is 14.9 Å². The third-order valence-electron chi connectivity index (χ3n) is 6.23. The molecule has 0 saturated heterocycles. The van der Waals surface area contributed by atoms with Crippen molar-refractivity contribution in [1.82, 2.24) is 14.6 Å². The van der Waals surface area contributed by atoms with Crippen LogP contribution in [0, 0.1) is 10.1 Å². The van der Waals surface area contributed by atoms with Gasteiger partial charge in [-0.05, 0) is 49.2 Å². The van der Waals surface area contributed by atoms with E-state index in [9.17, 15) is 14.9 Å². The van der Waals surface area contributed by atoms with Gasteiger partial charge in [0.15, 0.2) is 0 Å². The second-order valence-electron chi connectivity index (χ2n) is 8.72. The summed E-state index contributed by atoms with van der Waals surface area (Å²) in [5.74, 6) is 1.43. The van der Waals surface area contributed by atoms with Gasteiger partial charge in [0.05, 0.1) is 22.0 Å². The van der Waals surface area contributed by atoms with Crippen molar-refractivity contribution in [3.05, 3.63) is 95.5 Å². The van der Waals surface area contributed by atoms with Gasteiger partial charge in [0.2, 0.25) is 5.88 Å². The fourth-order valence-corrected chi connectivity index (χ4v) is 5.13. The number of nitro groups is 1. The molecule has 1 saturated carbocycles. The maximum atomic E-state index is 13.6. The summed E-state index contributed by atoms with van der Waals surface area (Å²) < 4.78 is 8.88. The molecule has 2 aromatic carbocycles. The first-order chi connectivity index (χ1) is 17.9. The Labute approximate surface area is 228 Å². The lowest BCUT2D eigenvalue weighted by Gasteiger charge is -2.22. The van der Waals surface area contributed by atoms with Gasteiger partial charge >= 0.3 is 0 Å². The highest BCUT2D eigenvalue weighted by Crippen LogP contribution is 2.32. The Morgan fingerprint density at radius 2 is 1.81 bits per heavy atom. The van der Waals surface area contributed by atoms with Crippen molar-refractivity contribution in [3.8, 4) is 11.6 Å². The predicted octanol–water partition coefficient (Wildman–Crippen LogP) is 6.95. The van der Waals surface area contributed by atoms with Crippen LogP contribution >= 0.6 is 31.9 Å². The number of nitrogens with zero attached hydrogens (tertiary/aromatic N) is 5. The maximum absolute atomic E-state index is 13.6. The van der Waals surface area contributed by atoms with E-state index in [1.54, 1.807) is 30.5 Å². The van der Waals surface area contributed by atoms with Gasteiger partial charge < -0.3 is 4.74 Å². The highest BCUT2D eigenvalue weighted by Gasteiger charge is 2.22. The molecule has 1 aliphatic rings. The van der Waals surface area contributed by atoms with Gasteiger partial charge in [0.25, 0.3) is 11.2 Å². The number of pyridine rings is 1. The molecule has 0 radical (unpaired) electrons. The fourth-order valence-electron chi connectivity index (χ4n) is 4.39. The van der Waals surface area contributed by atoms with E-state index in [0.717, 1.165) is 40.8 Å². The topological polar surface area (TPSA) is 113 Å². The summed E-state index contributed by atoms with van der Waals surface area (Å²) in [4.78, 5) is 32.9. The van der Waals surface area contributed by atoms with E-state index in [-0.39, 0.29) is 23.0 Å². The predicted molar refractivity (Wildman–Crippen MR) is 148 cm³/mol. The van der Waals surface area contributed by atoms with E-state index < -0.39 is 4.92 Å². The lowest BCUT2D eigenvalue weighted by atomic mass is 9.88. The molecule has 0 N–H and O–H groups in total. The number of benzene rings is 2. The molecule has 0 spiro atoms. The van der Waals surface area contributed by atoms with E-state index in [4.69, 9.17) is 9.72 Å². The third-order valence-corrected chi connectivity index (χ3v) is 7.22. The van der Waals surface area contributed by atoms with Crippen molar-refractivity contribution in [3.63, 3.8) is 0 Å². The Bertz CT molecular complexity index is 1560. The van der Waals surface area contributed by atoms with Crippen LogP contribution in [0.3, 0.4) is 0 Å². The minimum Gasteiger partial charge on any atom is -0.438 e. The molecule has 0 amide bonds. The molecule has 2 aromatic heterocycles. The molecule has 188 valence electrons. The molecule has 5 rings (SSSR count). The molecule has 1 fully saturated rings. The summed E-state index contributed by atoms with van der Waals surface area (Å²) in [7, 11) is 0. The smallest absolute Gasteiger partial charge is 0.287 e. The molecule has 0 bridgehead atoms. The second kappa shape index (κ2) is 10.9. The molecule has 4 aromatic rings. The molecule has 1 aliphatic carbocycles. The minimum atomic E-state index is -0.522. The molecule has 9 nitrogen and oxygen atoms in total. The van der Waals surface area contributed by atoms with Gasteiger partial charge in [-0.1, -0.05) is 51.1 Å². The van der Waals surface area contributed by atoms with Crippen molar-refractivity contribution < 1.29 is 9.66 Å². The molecule has 0 aliphatic heterocycles. The Kier molecular flexibility index (Phi) is 7.43. The van der Waals surface area contributed by atoms with Gasteiger partial charge in [-0.2, -0.15) is 9.78 Å². The van der Waals surface area contributed by atoms with Gasteiger partial charge in [-0.15, -0.1) is 0 Å². The van der Waals surface area contributed by atoms with Crippen molar-refractivity contribution in [2.75, 3.05) is 0 Å². The SMILES string of the molecule is O=c1c2cc(Br)ccc2nc(C2CCCCC2)n1N=Cc1cc(Br)ccc1Oc1ccc([N+](=O)[O-])cn1. The molecule has 0 atom stereocenters. The average Bonchev–Trinajstić information content (AvgIpc) is 2.90. The van der Waals surface area contributed by atoms with E-state index in [2.05, 4.69) is 41.9 Å². The summed E-state index contributed by atoms with van der Waals surface area (Å²) in [6, 6.07) is 13.6. The molecular formula is C26H21Br2N5O4. The summed E-state index contributed by atoms with van der Waals surface area (Å²) in [6.45, 7) is 0. The Hall–Kier alpha value is -3.44. The Morgan fingerprint density at radius 1 is 1.05 bits per heavy atom. The van der Waals surface area contributed by atoms with Crippen LogP contribution in [0.4, 0.5) is 5.69 Å². The number of hydrogen-bond donors (Lipinski definition) is 0. The normalized spacial score (nSPS) is 14.3. The fraction of sp³-hybridized carbons (Fsp3) is 0.231. The molecular weight excluding hydrogens is 606 g/mol. The summed E-state index contributed by atoms with van der Waals surface area (Å²) in [6.07, 6.45) is 7.98. The van der Waals surface area contributed by atoms with Crippen molar-refractivity contribution >= 4 is 54.7 Å². The summed E-state index contributed by atoms with van der Waals surface area (Å²) >= 11 is 6.92. The molecule has 11 heteroatoms. The number of rotatable bonds is 6. The molecule has 37 heavy (non-hydrogen) atoms. The zero-order valence-corrected chi connectivity index (χ0v) is 22.7. The zero-order valence-electron chi connectivity index (χ0n) is 19.5. The van der Waals surface area contributed by atoms with Crippen LogP contribution in [-0.2, 0) is 0 Å². The van der Waals surface area contributed by atoms with Crippen LogP contribution in [0.25, 0.3) is 10.9 Å². The number of halogens is 2.